The van der Waals surface area contributed by atoms with Crippen LogP contribution in [0.3, 0.4) is 0 Å². The Morgan fingerprint density at radius 3 is 2.50 bits per heavy atom. The molecule has 0 unspecified atom stereocenters. The van der Waals surface area contributed by atoms with E-state index in [9.17, 15) is 4.79 Å². The first-order chi connectivity index (χ1) is 12.4. The maximum Gasteiger partial charge on any atom is 0.258 e. The summed E-state index contributed by atoms with van der Waals surface area (Å²) in [7, 11) is 5.62. The van der Waals surface area contributed by atoms with Crippen molar-refractivity contribution in [3.8, 4) is 11.5 Å². The number of aryl methyl sites for hydroxylation is 2. The normalized spacial score (nSPS) is 11.9. The van der Waals surface area contributed by atoms with Gasteiger partial charge in [-0.1, -0.05) is 24.3 Å². The molecule has 0 aliphatic heterocycles. The molecule has 0 radical (unpaired) electrons. The van der Waals surface area contributed by atoms with Crippen LogP contribution < -0.4 is 14.8 Å². The molecule has 0 aromatic heterocycles. The van der Waals surface area contributed by atoms with Gasteiger partial charge >= 0.3 is 0 Å². The van der Waals surface area contributed by atoms with Crippen LogP contribution in [0.25, 0.3) is 0 Å². The molecule has 0 spiro atoms. The van der Waals surface area contributed by atoms with Gasteiger partial charge < -0.3 is 19.7 Å². The molecular weight excluding hydrogens is 328 g/mol. The quantitative estimate of drug-likeness (QED) is 0.790. The lowest BCUT2D eigenvalue weighted by atomic mass is 10.0. The molecule has 2 rings (SSSR count). The fourth-order valence-corrected chi connectivity index (χ4v) is 2.73. The molecule has 26 heavy (non-hydrogen) atoms. The molecule has 5 heteroatoms. The molecule has 0 bridgehead atoms. The zero-order valence-electron chi connectivity index (χ0n) is 16.2. The van der Waals surface area contributed by atoms with Gasteiger partial charge in [0, 0.05) is 12.1 Å². The standard InChI is InChI=1S/C21H28N2O3/c1-15-10-11-17(12-16(15)2)26-14-21(24)22-13-19(23(3)4)18-8-6-7-9-20(18)25-5/h6-12,19H,13-14H2,1-5H3,(H,22,24)/t19-/m1/s1. The first-order valence-corrected chi connectivity index (χ1v) is 8.68. The molecule has 1 amide bonds. The van der Waals surface area contributed by atoms with Crippen LogP contribution in [0.4, 0.5) is 0 Å². The van der Waals surface area contributed by atoms with E-state index in [1.165, 1.54) is 5.56 Å². The lowest BCUT2D eigenvalue weighted by molar-refractivity contribution is -0.123. The van der Waals surface area contributed by atoms with Crippen molar-refractivity contribution < 1.29 is 14.3 Å². The van der Waals surface area contributed by atoms with Crippen LogP contribution in [-0.4, -0.2) is 45.2 Å². The van der Waals surface area contributed by atoms with Crippen LogP contribution in [-0.2, 0) is 4.79 Å². The van der Waals surface area contributed by atoms with Crippen molar-refractivity contribution in [1.82, 2.24) is 10.2 Å². The minimum absolute atomic E-state index is 0.00538. The number of nitrogens with zero attached hydrogens (tertiary/aromatic N) is 1. The lowest BCUT2D eigenvalue weighted by Gasteiger charge is -2.26. The monoisotopic (exact) mass is 356 g/mol. The highest BCUT2D eigenvalue weighted by Gasteiger charge is 2.19. The second kappa shape index (κ2) is 9.25. The molecule has 2 aromatic carbocycles. The van der Waals surface area contributed by atoms with Crippen LogP contribution in [0.5, 0.6) is 11.5 Å². The summed E-state index contributed by atoms with van der Waals surface area (Å²) in [6.45, 7) is 4.54. The Hall–Kier alpha value is -2.53. The molecule has 0 heterocycles. The maximum absolute atomic E-state index is 12.2. The molecule has 140 valence electrons. The third-order valence-corrected chi connectivity index (χ3v) is 4.46. The summed E-state index contributed by atoms with van der Waals surface area (Å²) < 4.78 is 11.0. The molecule has 1 atom stereocenters. The lowest BCUT2D eigenvalue weighted by Crippen LogP contribution is -2.37. The molecule has 0 saturated carbocycles. The van der Waals surface area contributed by atoms with E-state index in [-0.39, 0.29) is 18.6 Å². The number of ether oxygens (including phenoxy) is 2. The van der Waals surface area contributed by atoms with E-state index in [0.717, 1.165) is 16.9 Å². The summed E-state index contributed by atoms with van der Waals surface area (Å²) in [6.07, 6.45) is 0. The van der Waals surface area contributed by atoms with Crippen molar-refractivity contribution in [2.75, 3.05) is 34.4 Å². The minimum atomic E-state index is -0.148. The summed E-state index contributed by atoms with van der Waals surface area (Å²) >= 11 is 0. The van der Waals surface area contributed by atoms with Gasteiger partial charge in [-0.05, 0) is 57.3 Å². The van der Waals surface area contributed by atoms with Crippen molar-refractivity contribution in [3.05, 3.63) is 59.2 Å². The smallest absolute Gasteiger partial charge is 0.258 e. The van der Waals surface area contributed by atoms with Crippen LogP contribution in [0.1, 0.15) is 22.7 Å². The second-order valence-electron chi connectivity index (χ2n) is 6.56. The average molecular weight is 356 g/mol. The fraction of sp³-hybridized carbons (Fsp3) is 0.381. The molecule has 5 nitrogen and oxygen atoms in total. The van der Waals surface area contributed by atoms with Crippen molar-refractivity contribution in [2.24, 2.45) is 0 Å². The Bertz CT molecular complexity index is 744. The number of hydrogen-bond donors (Lipinski definition) is 1. The van der Waals surface area contributed by atoms with Crippen molar-refractivity contribution in [2.45, 2.75) is 19.9 Å². The molecule has 0 aliphatic rings. The van der Waals surface area contributed by atoms with Gasteiger partial charge in [0.25, 0.3) is 5.91 Å². The first-order valence-electron chi connectivity index (χ1n) is 8.68. The zero-order chi connectivity index (χ0) is 19.1. The highest BCUT2D eigenvalue weighted by molar-refractivity contribution is 5.77. The van der Waals surface area contributed by atoms with E-state index in [0.29, 0.717) is 12.3 Å². The maximum atomic E-state index is 12.2. The van der Waals surface area contributed by atoms with E-state index < -0.39 is 0 Å². The average Bonchev–Trinajstić information content (AvgIpc) is 2.63. The highest BCUT2D eigenvalue weighted by atomic mass is 16.5. The van der Waals surface area contributed by atoms with Crippen molar-refractivity contribution >= 4 is 5.91 Å². The number of nitrogens with one attached hydrogen (secondary N) is 1. The summed E-state index contributed by atoms with van der Waals surface area (Å²) in [5.74, 6) is 1.37. The molecule has 0 fully saturated rings. The van der Waals surface area contributed by atoms with Gasteiger partial charge in [0.2, 0.25) is 0 Å². The molecule has 1 N–H and O–H groups in total. The Morgan fingerprint density at radius 1 is 1.12 bits per heavy atom. The van der Waals surface area contributed by atoms with E-state index in [1.807, 2.05) is 70.4 Å². The first kappa shape index (κ1) is 19.8. The summed E-state index contributed by atoms with van der Waals surface area (Å²) in [4.78, 5) is 14.3. The Balaban J connectivity index is 1.94. The van der Waals surface area contributed by atoms with Crippen LogP contribution in [0.15, 0.2) is 42.5 Å². The number of rotatable bonds is 8. The van der Waals surface area contributed by atoms with Gasteiger partial charge in [-0.15, -0.1) is 0 Å². The van der Waals surface area contributed by atoms with Crippen LogP contribution >= 0.6 is 0 Å². The van der Waals surface area contributed by atoms with Crippen LogP contribution in [0.2, 0.25) is 0 Å². The molecule has 2 aromatic rings. The molecule has 0 aliphatic carbocycles. The predicted octanol–water partition coefficient (Wildman–Crippen LogP) is 3.11. The number of carbonyl (C=O) groups is 1. The van der Waals surface area contributed by atoms with E-state index >= 15 is 0 Å². The van der Waals surface area contributed by atoms with Gasteiger partial charge in [0.1, 0.15) is 11.5 Å². The number of benzene rings is 2. The highest BCUT2D eigenvalue weighted by Crippen LogP contribution is 2.27. The number of para-hydroxylation sites is 1. The number of hydrogen-bond acceptors (Lipinski definition) is 4. The van der Waals surface area contributed by atoms with Gasteiger partial charge in [0.05, 0.1) is 13.2 Å². The van der Waals surface area contributed by atoms with Gasteiger partial charge in [-0.2, -0.15) is 0 Å². The minimum Gasteiger partial charge on any atom is -0.496 e. The largest absolute Gasteiger partial charge is 0.496 e. The number of likely N-dealkylation sites (N-methyl/N-ethyl adjacent to an activating group) is 1. The van der Waals surface area contributed by atoms with Crippen molar-refractivity contribution in [3.63, 3.8) is 0 Å². The van der Waals surface area contributed by atoms with E-state index in [1.54, 1.807) is 7.11 Å². The number of amides is 1. The summed E-state index contributed by atoms with van der Waals surface area (Å²) in [6, 6.07) is 13.7. The number of methoxy groups -OCH3 is 1. The molecule has 0 saturated heterocycles. The van der Waals surface area contributed by atoms with Gasteiger partial charge in [-0.3, -0.25) is 4.79 Å². The molecular formula is C21H28N2O3. The fourth-order valence-electron chi connectivity index (χ4n) is 2.73. The third kappa shape index (κ3) is 5.23. The number of carbonyl (C=O) groups excluding carboxylic acids is 1. The van der Waals surface area contributed by atoms with E-state index in [2.05, 4.69) is 10.2 Å². The SMILES string of the molecule is COc1ccccc1[C@@H](CNC(=O)COc1ccc(C)c(C)c1)N(C)C. The summed E-state index contributed by atoms with van der Waals surface area (Å²) in [5.41, 5.74) is 3.38. The summed E-state index contributed by atoms with van der Waals surface area (Å²) in [5, 5.41) is 2.95. The Labute approximate surface area is 155 Å². The van der Waals surface area contributed by atoms with E-state index in [4.69, 9.17) is 9.47 Å². The van der Waals surface area contributed by atoms with Crippen molar-refractivity contribution in [1.29, 1.82) is 0 Å². The zero-order valence-corrected chi connectivity index (χ0v) is 16.2. The predicted molar refractivity (Wildman–Crippen MR) is 104 cm³/mol. The third-order valence-electron chi connectivity index (χ3n) is 4.46. The van der Waals surface area contributed by atoms with Gasteiger partial charge in [-0.25, -0.2) is 0 Å². The Kier molecular flexibility index (Phi) is 7.04. The Morgan fingerprint density at radius 2 is 1.85 bits per heavy atom. The second-order valence-corrected chi connectivity index (χ2v) is 6.56. The topological polar surface area (TPSA) is 50.8 Å². The van der Waals surface area contributed by atoms with Gasteiger partial charge in [0.15, 0.2) is 6.61 Å². The van der Waals surface area contributed by atoms with Crippen LogP contribution in [0, 0.1) is 13.8 Å².